The summed E-state index contributed by atoms with van der Waals surface area (Å²) in [5, 5.41) is 18.1. The lowest BCUT2D eigenvalue weighted by atomic mass is 9.93. The molecule has 1 saturated carbocycles. The largest absolute Gasteiger partial charge is 0.392 e. The number of nitrogens with zero attached hydrogens (tertiary/aromatic N) is 6. The molecule has 4 N–H and O–H groups in total. The number of aliphatic hydroxyl groups is 1. The third-order valence-electron chi connectivity index (χ3n) is 8.22. The van der Waals surface area contributed by atoms with Crippen molar-refractivity contribution in [2.24, 2.45) is 0 Å². The Balaban J connectivity index is 1.18. The number of carbonyl (C=O) groups excluding carboxylic acids is 1. The van der Waals surface area contributed by atoms with Gasteiger partial charge in [-0.3, -0.25) is 9.48 Å². The van der Waals surface area contributed by atoms with E-state index in [2.05, 4.69) is 25.4 Å². The van der Waals surface area contributed by atoms with Gasteiger partial charge in [-0.25, -0.2) is 4.39 Å². The highest BCUT2D eigenvalue weighted by Gasteiger charge is 2.33. The predicted molar refractivity (Wildman–Crippen MR) is 154 cm³/mol. The second-order valence-corrected chi connectivity index (χ2v) is 11.0. The molecule has 4 heterocycles. The number of halogens is 1. The number of aromatic nitrogens is 5. The molecular weight excluding hydrogens is 539 g/mol. The first-order valence-electron chi connectivity index (χ1n) is 14.3. The van der Waals surface area contributed by atoms with Crippen molar-refractivity contribution in [3.05, 3.63) is 70.8 Å². The zero-order chi connectivity index (χ0) is 28.8. The van der Waals surface area contributed by atoms with Gasteiger partial charge in [0.1, 0.15) is 5.82 Å². The van der Waals surface area contributed by atoms with Crippen LogP contribution in [0.15, 0.2) is 42.7 Å². The lowest BCUT2D eigenvalue weighted by Gasteiger charge is -2.31. The molecule has 0 atom stereocenters. The Hall–Kier alpha value is -4.42. The van der Waals surface area contributed by atoms with Gasteiger partial charge < -0.3 is 25.8 Å². The van der Waals surface area contributed by atoms with Gasteiger partial charge in [0, 0.05) is 37.1 Å². The minimum Gasteiger partial charge on any atom is -0.392 e. The van der Waals surface area contributed by atoms with Crippen LogP contribution in [0.5, 0.6) is 0 Å². The monoisotopic (exact) mass is 570 g/mol. The summed E-state index contributed by atoms with van der Waals surface area (Å²) in [6, 6.07) is 8.98. The van der Waals surface area contributed by atoms with Crippen molar-refractivity contribution in [2.45, 2.75) is 50.7 Å². The number of fused-ring (bicyclic) bond motifs is 1. The van der Waals surface area contributed by atoms with Crippen LogP contribution in [0.25, 0.3) is 11.4 Å². The van der Waals surface area contributed by atoms with Gasteiger partial charge in [0.15, 0.2) is 5.82 Å². The van der Waals surface area contributed by atoms with E-state index < -0.39 is 18.3 Å². The number of nitrogens with one attached hydrogen (secondary N) is 1. The number of amides is 1. The van der Waals surface area contributed by atoms with Crippen LogP contribution in [0, 0.1) is 5.82 Å². The van der Waals surface area contributed by atoms with E-state index >= 15 is 4.39 Å². The molecule has 1 saturated heterocycles. The molecule has 0 unspecified atom stereocenters. The Kier molecular flexibility index (Phi) is 6.79. The average Bonchev–Trinajstić information content (AvgIpc) is 3.75. The van der Waals surface area contributed by atoms with E-state index in [9.17, 15) is 9.90 Å². The zero-order valence-electron chi connectivity index (χ0n) is 23.0. The summed E-state index contributed by atoms with van der Waals surface area (Å²) in [6.07, 6.45) is 8.01. The van der Waals surface area contributed by atoms with Crippen LogP contribution in [-0.4, -0.2) is 55.5 Å². The fourth-order valence-corrected chi connectivity index (χ4v) is 5.93. The fourth-order valence-electron chi connectivity index (χ4n) is 5.93. The van der Waals surface area contributed by atoms with Crippen LogP contribution in [0.3, 0.4) is 0 Å². The third-order valence-corrected chi connectivity index (χ3v) is 8.22. The Labute approximate surface area is 241 Å². The maximum atomic E-state index is 15.2. The molecule has 216 valence electrons. The molecule has 4 aromatic rings. The molecule has 2 aromatic carbocycles. The molecule has 42 heavy (non-hydrogen) atoms. The Morgan fingerprint density at radius 3 is 2.74 bits per heavy atom. The lowest BCUT2D eigenvalue weighted by molar-refractivity contribution is 0.0662. The summed E-state index contributed by atoms with van der Waals surface area (Å²) in [7, 11) is 0. The lowest BCUT2D eigenvalue weighted by Crippen LogP contribution is -2.39. The molecule has 0 bridgehead atoms. The van der Waals surface area contributed by atoms with Crippen molar-refractivity contribution in [3.63, 3.8) is 0 Å². The van der Waals surface area contributed by atoms with Gasteiger partial charge in [-0.1, -0.05) is 18.2 Å². The van der Waals surface area contributed by atoms with Crippen molar-refractivity contribution in [3.8, 4) is 11.4 Å². The molecule has 3 aliphatic rings. The van der Waals surface area contributed by atoms with Crippen molar-refractivity contribution in [1.82, 2.24) is 24.7 Å². The minimum atomic E-state index is -0.494. The van der Waals surface area contributed by atoms with E-state index in [4.69, 9.17) is 10.5 Å². The summed E-state index contributed by atoms with van der Waals surface area (Å²) in [6.45, 7) is 1.38. The SMILES string of the molecule is Nc1nc(Nc2cnn(C3CCOCC3)c2)nc(-c2cccc(N3CCc4cc(C5CC5)cc(F)c4C3=O)c2CO)n1. The molecule has 0 spiro atoms. The highest BCUT2D eigenvalue weighted by Crippen LogP contribution is 2.42. The topological polar surface area (TPSA) is 144 Å². The van der Waals surface area contributed by atoms with E-state index in [1.54, 1.807) is 24.4 Å². The number of rotatable bonds is 7. The summed E-state index contributed by atoms with van der Waals surface area (Å²) in [4.78, 5) is 28.2. The second-order valence-electron chi connectivity index (χ2n) is 11.0. The van der Waals surface area contributed by atoms with Crippen molar-refractivity contribution in [2.75, 3.05) is 35.7 Å². The van der Waals surface area contributed by atoms with Crippen LogP contribution >= 0.6 is 0 Å². The third kappa shape index (κ3) is 4.96. The number of nitrogen functional groups attached to an aromatic ring is 1. The number of aliphatic hydroxyl groups excluding tert-OH is 1. The molecular formula is C30H31FN8O3. The number of hydrogen-bond donors (Lipinski definition) is 3. The predicted octanol–water partition coefficient (Wildman–Crippen LogP) is 4.12. The minimum absolute atomic E-state index is 0.00914. The Morgan fingerprint density at radius 1 is 1.12 bits per heavy atom. The van der Waals surface area contributed by atoms with Gasteiger partial charge in [0.05, 0.1) is 35.8 Å². The highest BCUT2D eigenvalue weighted by atomic mass is 19.1. The zero-order valence-corrected chi connectivity index (χ0v) is 23.0. The molecule has 12 heteroatoms. The van der Waals surface area contributed by atoms with Crippen LogP contribution in [0.4, 0.5) is 27.7 Å². The van der Waals surface area contributed by atoms with Crippen LogP contribution in [0.2, 0.25) is 0 Å². The van der Waals surface area contributed by atoms with Crippen LogP contribution in [-0.2, 0) is 17.8 Å². The number of anilines is 4. The highest BCUT2D eigenvalue weighted by molar-refractivity contribution is 6.09. The fraction of sp³-hybridized carbons (Fsp3) is 0.367. The quantitative estimate of drug-likeness (QED) is 0.299. The van der Waals surface area contributed by atoms with Crippen molar-refractivity contribution >= 4 is 29.2 Å². The average molecular weight is 571 g/mol. The Morgan fingerprint density at radius 2 is 1.95 bits per heavy atom. The molecule has 2 fully saturated rings. The van der Waals surface area contributed by atoms with E-state index in [0.29, 0.717) is 54.6 Å². The van der Waals surface area contributed by atoms with E-state index in [0.717, 1.165) is 36.8 Å². The van der Waals surface area contributed by atoms with Crippen LogP contribution in [0.1, 0.15) is 64.7 Å². The van der Waals surface area contributed by atoms with E-state index in [1.165, 1.54) is 11.0 Å². The maximum absolute atomic E-state index is 15.2. The Bertz CT molecular complexity index is 1660. The molecule has 2 aromatic heterocycles. The first-order chi connectivity index (χ1) is 20.5. The van der Waals surface area contributed by atoms with Gasteiger partial charge >= 0.3 is 0 Å². The van der Waals surface area contributed by atoms with Gasteiger partial charge in [-0.15, -0.1) is 0 Å². The molecule has 11 nitrogen and oxygen atoms in total. The van der Waals surface area contributed by atoms with E-state index in [1.807, 2.05) is 16.9 Å². The van der Waals surface area contributed by atoms with Gasteiger partial charge in [0.2, 0.25) is 11.9 Å². The number of ether oxygens (including phenoxy) is 1. The number of benzene rings is 2. The molecule has 7 rings (SSSR count). The van der Waals surface area contributed by atoms with Gasteiger partial charge in [-0.05, 0) is 61.3 Å². The van der Waals surface area contributed by atoms with Gasteiger partial charge in [0.25, 0.3) is 5.91 Å². The normalized spacial score (nSPS) is 17.4. The summed E-state index contributed by atoms with van der Waals surface area (Å²) < 4.78 is 22.6. The first-order valence-corrected chi connectivity index (χ1v) is 14.3. The van der Waals surface area contributed by atoms with Gasteiger partial charge in [-0.2, -0.15) is 20.1 Å². The smallest absolute Gasteiger partial charge is 0.261 e. The first kappa shape index (κ1) is 26.5. The molecule has 1 amide bonds. The molecule has 1 aliphatic carbocycles. The van der Waals surface area contributed by atoms with Crippen molar-refractivity contribution in [1.29, 1.82) is 0 Å². The summed E-state index contributed by atoms with van der Waals surface area (Å²) in [5.41, 5.74) is 9.97. The molecule has 0 radical (unpaired) electrons. The summed E-state index contributed by atoms with van der Waals surface area (Å²) >= 11 is 0. The number of carbonyl (C=O) groups is 1. The number of nitrogens with two attached hydrogens (primary N) is 1. The standard InChI is InChI=1S/C30H31FN8O3/c31-24-13-19(17-4-5-17)12-18-6-9-38(28(41)26(18)24)25-3-1-2-22(23(25)16-40)27-35-29(32)37-30(36-27)34-20-14-33-39(15-20)21-7-10-42-11-8-21/h1-3,12-15,17,21,40H,4-11,16H2,(H3,32,34,35,36,37). The van der Waals surface area contributed by atoms with Crippen molar-refractivity contribution < 1.29 is 19.0 Å². The summed E-state index contributed by atoms with van der Waals surface area (Å²) in [5.74, 6) is -0.0855. The number of hydrogen-bond acceptors (Lipinski definition) is 9. The maximum Gasteiger partial charge on any atom is 0.261 e. The second kappa shape index (κ2) is 10.8. The van der Waals surface area contributed by atoms with E-state index in [-0.39, 0.29) is 29.3 Å². The van der Waals surface area contributed by atoms with Crippen LogP contribution < -0.4 is 16.0 Å². The molecule has 2 aliphatic heterocycles.